The number of carbonyl (C=O) groups is 1. The molecule has 26 heavy (non-hydrogen) atoms. The third kappa shape index (κ3) is 3.31. The van der Waals surface area contributed by atoms with Crippen molar-refractivity contribution in [2.75, 3.05) is 5.32 Å². The van der Waals surface area contributed by atoms with Gasteiger partial charge in [-0.25, -0.2) is 0 Å². The normalized spacial score (nSPS) is 11.1. The van der Waals surface area contributed by atoms with E-state index in [2.05, 4.69) is 24.1 Å². The van der Waals surface area contributed by atoms with E-state index in [-0.39, 0.29) is 18.4 Å². The summed E-state index contributed by atoms with van der Waals surface area (Å²) < 4.78 is 1.21. The second kappa shape index (κ2) is 7.00. The zero-order chi connectivity index (χ0) is 18.8. The third-order valence-corrected chi connectivity index (χ3v) is 4.38. The highest BCUT2D eigenvalue weighted by atomic mass is 16.2. The third-order valence-electron chi connectivity index (χ3n) is 4.38. The fourth-order valence-electron chi connectivity index (χ4n) is 3.04. The number of hydrogen-bond donors (Lipinski definition) is 2. The van der Waals surface area contributed by atoms with Gasteiger partial charge in [0.25, 0.3) is 0 Å². The fraction of sp³-hybridized carbons (Fsp3) is 0.250. The van der Waals surface area contributed by atoms with E-state index >= 15 is 0 Å². The number of aromatic nitrogens is 2. The Bertz CT molecular complexity index is 1090. The lowest BCUT2D eigenvalue weighted by molar-refractivity contribution is -0.116. The van der Waals surface area contributed by atoms with Crippen molar-refractivity contribution in [2.45, 2.75) is 33.2 Å². The topological polar surface area (TPSA) is 84.0 Å². The van der Waals surface area contributed by atoms with Crippen LogP contribution in [0.2, 0.25) is 0 Å². The van der Waals surface area contributed by atoms with E-state index in [0.717, 1.165) is 16.8 Å². The first-order chi connectivity index (χ1) is 12.4. The van der Waals surface area contributed by atoms with Crippen molar-refractivity contribution in [1.29, 1.82) is 0 Å². The highest BCUT2D eigenvalue weighted by molar-refractivity contribution is 5.93. The van der Waals surface area contributed by atoms with Gasteiger partial charge in [0, 0.05) is 5.69 Å². The second-order valence-electron chi connectivity index (χ2n) is 6.60. The van der Waals surface area contributed by atoms with Gasteiger partial charge in [-0.2, -0.15) is 0 Å². The predicted molar refractivity (Wildman–Crippen MR) is 103 cm³/mol. The number of anilines is 1. The molecule has 0 fully saturated rings. The van der Waals surface area contributed by atoms with Crippen LogP contribution in [0.1, 0.15) is 30.9 Å². The molecule has 134 valence electrons. The van der Waals surface area contributed by atoms with Crippen molar-refractivity contribution in [3.05, 3.63) is 74.3 Å². The highest BCUT2D eigenvalue weighted by Crippen LogP contribution is 2.27. The minimum atomic E-state index is -0.743. The quantitative estimate of drug-likeness (QED) is 0.709. The van der Waals surface area contributed by atoms with Crippen LogP contribution in [0.4, 0.5) is 5.69 Å². The summed E-state index contributed by atoms with van der Waals surface area (Å²) in [6.07, 6.45) is 0. The van der Waals surface area contributed by atoms with Crippen LogP contribution in [0.25, 0.3) is 11.0 Å². The second-order valence-corrected chi connectivity index (χ2v) is 6.60. The molecule has 6 nitrogen and oxygen atoms in total. The van der Waals surface area contributed by atoms with Crippen molar-refractivity contribution in [2.24, 2.45) is 0 Å². The van der Waals surface area contributed by atoms with Crippen LogP contribution in [0.3, 0.4) is 0 Å². The SMILES string of the molecule is Cc1cccc(C(C)C)c1NC(=O)Cn1c(=O)c(=O)[nH]c2ccccc21. The fourth-order valence-corrected chi connectivity index (χ4v) is 3.04. The smallest absolute Gasteiger partial charge is 0.317 e. The maximum absolute atomic E-state index is 12.6. The molecule has 3 aromatic rings. The molecule has 0 saturated heterocycles. The number of amides is 1. The van der Waals surface area contributed by atoms with Gasteiger partial charge in [-0.1, -0.05) is 44.2 Å². The van der Waals surface area contributed by atoms with E-state index in [1.54, 1.807) is 24.3 Å². The average Bonchev–Trinajstić information content (AvgIpc) is 2.60. The van der Waals surface area contributed by atoms with Gasteiger partial charge in [-0.3, -0.25) is 19.0 Å². The lowest BCUT2D eigenvalue weighted by atomic mass is 9.98. The van der Waals surface area contributed by atoms with Crippen LogP contribution in [-0.2, 0) is 11.3 Å². The molecule has 0 aliphatic heterocycles. The number of H-pyrrole nitrogens is 1. The van der Waals surface area contributed by atoms with Crippen molar-refractivity contribution >= 4 is 22.6 Å². The Morgan fingerprint density at radius 1 is 1.12 bits per heavy atom. The monoisotopic (exact) mass is 351 g/mol. The Balaban J connectivity index is 1.98. The highest BCUT2D eigenvalue weighted by Gasteiger charge is 2.15. The molecule has 1 heterocycles. The minimum absolute atomic E-state index is 0.227. The molecule has 0 saturated carbocycles. The van der Waals surface area contributed by atoms with E-state index in [9.17, 15) is 14.4 Å². The molecule has 0 unspecified atom stereocenters. The zero-order valence-corrected chi connectivity index (χ0v) is 15.0. The van der Waals surface area contributed by atoms with Crippen LogP contribution >= 0.6 is 0 Å². The molecule has 6 heteroatoms. The summed E-state index contributed by atoms with van der Waals surface area (Å²) in [6, 6.07) is 12.8. The lowest BCUT2D eigenvalue weighted by Crippen LogP contribution is -2.38. The summed E-state index contributed by atoms with van der Waals surface area (Å²) >= 11 is 0. The molecule has 2 N–H and O–H groups in total. The summed E-state index contributed by atoms with van der Waals surface area (Å²) in [4.78, 5) is 39.3. The predicted octanol–water partition coefficient (Wildman–Crippen LogP) is 2.76. The van der Waals surface area contributed by atoms with Gasteiger partial charge in [-0.15, -0.1) is 0 Å². The van der Waals surface area contributed by atoms with Gasteiger partial charge in [0.15, 0.2) is 0 Å². The van der Waals surface area contributed by atoms with E-state index < -0.39 is 11.1 Å². The number of aryl methyl sites for hydroxylation is 1. The maximum Gasteiger partial charge on any atom is 0.317 e. The van der Waals surface area contributed by atoms with Crippen molar-refractivity contribution in [3.63, 3.8) is 0 Å². The molecule has 1 aromatic heterocycles. The van der Waals surface area contributed by atoms with E-state index in [1.807, 2.05) is 25.1 Å². The number of hydrogen-bond acceptors (Lipinski definition) is 3. The Labute approximate surface area is 150 Å². The van der Waals surface area contributed by atoms with Crippen LogP contribution in [0.15, 0.2) is 52.1 Å². The first-order valence-electron chi connectivity index (χ1n) is 8.49. The number of rotatable bonds is 4. The molecule has 0 atom stereocenters. The standard InChI is InChI=1S/C20H21N3O3/c1-12(2)14-8-6-7-13(3)18(14)22-17(24)11-23-16-10-5-4-9-15(16)21-19(25)20(23)26/h4-10,12H,11H2,1-3H3,(H,21,25)(H,22,24). The molecule has 0 aliphatic carbocycles. The number of nitrogens with one attached hydrogen (secondary N) is 2. The van der Waals surface area contributed by atoms with Crippen LogP contribution in [0.5, 0.6) is 0 Å². The van der Waals surface area contributed by atoms with Crippen LogP contribution in [-0.4, -0.2) is 15.5 Å². The number of carbonyl (C=O) groups excluding carboxylic acids is 1. The number of para-hydroxylation sites is 3. The molecule has 1 amide bonds. The number of benzene rings is 2. The molecular weight excluding hydrogens is 330 g/mol. The van der Waals surface area contributed by atoms with E-state index in [0.29, 0.717) is 11.0 Å². The minimum Gasteiger partial charge on any atom is -0.324 e. The molecule has 0 radical (unpaired) electrons. The first-order valence-corrected chi connectivity index (χ1v) is 8.49. The molecule has 3 rings (SSSR count). The Morgan fingerprint density at radius 2 is 1.85 bits per heavy atom. The molecule has 2 aromatic carbocycles. The maximum atomic E-state index is 12.6. The van der Waals surface area contributed by atoms with Gasteiger partial charge in [0.2, 0.25) is 5.91 Å². The van der Waals surface area contributed by atoms with Gasteiger partial charge in [-0.05, 0) is 36.1 Å². The molecule has 0 aliphatic rings. The zero-order valence-electron chi connectivity index (χ0n) is 15.0. The van der Waals surface area contributed by atoms with Crippen LogP contribution in [0, 0.1) is 6.92 Å². The number of nitrogens with zero attached hydrogens (tertiary/aromatic N) is 1. The summed E-state index contributed by atoms with van der Waals surface area (Å²) in [6.45, 7) is 5.81. The first kappa shape index (κ1) is 17.7. The molecular formula is C20H21N3O3. The van der Waals surface area contributed by atoms with Gasteiger partial charge in [0.05, 0.1) is 11.0 Å². The Morgan fingerprint density at radius 3 is 2.58 bits per heavy atom. The summed E-state index contributed by atoms with van der Waals surface area (Å²) in [5.74, 6) is -0.104. The number of fused-ring (bicyclic) bond motifs is 1. The summed E-state index contributed by atoms with van der Waals surface area (Å²) in [5.41, 5.74) is 2.29. The van der Waals surface area contributed by atoms with Crippen LogP contribution < -0.4 is 16.4 Å². The van der Waals surface area contributed by atoms with Gasteiger partial charge in [0.1, 0.15) is 6.54 Å². The Hall–Kier alpha value is -3.15. The summed E-state index contributed by atoms with van der Waals surface area (Å²) in [7, 11) is 0. The lowest BCUT2D eigenvalue weighted by Gasteiger charge is -2.17. The van der Waals surface area contributed by atoms with Crippen molar-refractivity contribution in [3.8, 4) is 0 Å². The Kier molecular flexibility index (Phi) is 4.75. The summed E-state index contributed by atoms with van der Waals surface area (Å²) in [5, 5.41) is 2.91. The number of aromatic amines is 1. The molecule has 0 spiro atoms. The van der Waals surface area contributed by atoms with Crippen molar-refractivity contribution < 1.29 is 4.79 Å². The van der Waals surface area contributed by atoms with E-state index in [4.69, 9.17) is 0 Å². The van der Waals surface area contributed by atoms with Gasteiger partial charge >= 0.3 is 11.1 Å². The largest absolute Gasteiger partial charge is 0.324 e. The average molecular weight is 351 g/mol. The van der Waals surface area contributed by atoms with E-state index in [1.165, 1.54) is 4.57 Å². The van der Waals surface area contributed by atoms with Crippen molar-refractivity contribution in [1.82, 2.24) is 9.55 Å². The molecule has 0 bridgehead atoms. The van der Waals surface area contributed by atoms with Gasteiger partial charge < -0.3 is 10.3 Å².